The number of amides is 1. The van der Waals surface area contributed by atoms with Crippen molar-refractivity contribution in [2.45, 2.75) is 45.9 Å². The fourth-order valence-electron chi connectivity index (χ4n) is 1.67. The Balaban J connectivity index is 2.65. The molecule has 1 atom stereocenters. The van der Waals surface area contributed by atoms with Gasteiger partial charge < -0.3 is 9.64 Å². The quantitative estimate of drug-likeness (QED) is 0.663. The largest absolute Gasteiger partial charge is 0.444 e. The van der Waals surface area contributed by atoms with Crippen LogP contribution in [0.3, 0.4) is 0 Å². The van der Waals surface area contributed by atoms with Crippen molar-refractivity contribution in [1.29, 1.82) is 0 Å². The molecule has 0 aliphatic carbocycles. The summed E-state index contributed by atoms with van der Waals surface area (Å²) in [6, 6.07) is 0. The van der Waals surface area contributed by atoms with Gasteiger partial charge in [0.1, 0.15) is 5.60 Å². The molecule has 3 nitrogen and oxygen atoms in total. The molecule has 1 rings (SSSR count). The van der Waals surface area contributed by atoms with Crippen LogP contribution >= 0.6 is 0 Å². The maximum Gasteiger partial charge on any atom is 0.410 e. The monoisotopic (exact) mass is 253 g/mol. The van der Waals surface area contributed by atoms with Gasteiger partial charge in [-0.2, -0.15) is 13.2 Å². The lowest BCUT2D eigenvalue weighted by Gasteiger charge is -2.28. The maximum absolute atomic E-state index is 12.7. The van der Waals surface area contributed by atoms with E-state index in [2.05, 4.69) is 0 Å². The van der Waals surface area contributed by atoms with Crippen LogP contribution in [0.2, 0.25) is 0 Å². The zero-order chi connectivity index (χ0) is 13.5. The van der Waals surface area contributed by atoms with Crippen LogP contribution in [-0.2, 0) is 4.74 Å². The SMILES string of the molecule is CC(C)(C)OC(=O)N1CCC(C)(C(F)(F)F)C1. The highest BCUT2D eigenvalue weighted by Crippen LogP contribution is 2.45. The highest BCUT2D eigenvalue weighted by Gasteiger charge is 2.55. The number of hydrogen-bond acceptors (Lipinski definition) is 2. The first-order valence-corrected chi connectivity index (χ1v) is 5.49. The van der Waals surface area contributed by atoms with Crippen molar-refractivity contribution in [3.05, 3.63) is 0 Å². The summed E-state index contributed by atoms with van der Waals surface area (Å²) in [5.41, 5.74) is -2.50. The van der Waals surface area contributed by atoms with Crippen molar-refractivity contribution in [1.82, 2.24) is 4.90 Å². The molecular weight excluding hydrogens is 235 g/mol. The molecule has 6 heteroatoms. The molecule has 1 unspecified atom stereocenters. The molecule has 0 aromatic heterocycles. The van der Waals surface area contributed by atoms with E-state index in [9.17, 15) is 18.0 Å². The summed E-state index contributed by atoms with van der Waals surface area (Å²) in [5.74, 6) is 0. The van der Waals surface area contributed by atoms with Crippen LogP contribution in [-0.4, -0.2) is 35.9 Å². The van der Waals surface area contributed by atoms with Gasteiger partial charge in [0.2, 0.25) is 0 Å². The van der Waals surface area contributed by atoms with Gasteiger partial charge in [0.25, 0.3) is 0 Å². The molecule has 0 bridgehead atoms. The Hall–Kier alpha value is -0.940. The Morgan fingerprint density at radius 1 is 1.29 bits per heavy atom. The molecular formula is C11H18F3NO2. The lowest BCUT2D eigenvalue weighted by molar-refractivity contribution is -0.212. The van der Waals surface area contributed by atoms with Crippen molar-refractivity contribution in [2.24, 2.45) is 5.41 Å². The highest BCUT2D eigenvalue weighted by molar-refractivity contribution is 5.68. The highest BCUT2D eigenvalue weighted by atomic mass is 19.4. The summed E-state index contributed by atoms with van der Waals surface area (Å²) in [6.45, 7) is 5.95. The van der Waals surface area contributed by atoms with E-state index >= 15 is 0 Å². The van der Waals surface area contributed by atoms with E-state index in [1.165, 1.54) is 0 Å². The molecule has 0 aromatic rings. The van der Waals surface area contributed by atoms with Crippen LogP contribution in [0.1, 0.15) is 34.1 Å². The molecule has 1 fully saturated rings. The first kappa shape index (κ1) is 14.1. The third-order valence-electron chi connectivity index (χ3n) is 2.81. The summed E-state index contributed by atoms with van der Waals surface area (Å²) in [6.07, 6.45) is -5.04. The summed E-state index contributed by atoms with van der Waals surface area (Å²) < 4.78 is 43.3. The molecule has 1 amide bonds. The van der Waals surface area contributed by atoms with Crippen LogP contribution in [0, 0.1) is 5.41 Å². The number of carbonyl (C=O) groups is 1. The second-order valence-electron chi connectivity index (χ2n) is 5.71. The van der Waals surface area contributed by atoms with E-state index in [0.717, 1.165) is 11.8 Å². The van der Waals surface area contributed by atoms with Gasteiger partial charge in [0, 0.05) is 13.1 Å². The maximum atomic E-state index is 12.7. The lowest BCUT2D eigenvalue weighted by Crippen LogP contribution is -2.41. The van der Waals surface area contributed by atoms with Gasteiger partial charge in [-0.15, -0.1) is 0 Å². The van der Waals surface area contributed by atoms with Crippen molar-refractivity contribution >= 4 is 6.09 Å². The Kier molecular flexibility index (Phi) is 3.38. The standard InChI is InChI=1S/C11H18F3NO2/c1-9(2,3)17-8(16)15-6-5-10(4,7-15)11(12,13)14/h5-7H2,1-4H3. The lowest BCUT2D eigenvalue weighted by atomic mass is 9.89. The summed E-state index contributed by atoms with van der Waals surface area (Å²) >= 11 is 0. The van der Waals surface area contributed by atoms with Crippen molar-refractivity contribution in [3.8, 4) is 0 Å². The molecule has 1 heterocycles. The molecule has 0 radical (unpaired) electrons. The predicted octanol–water partition coefficient (Wildman–Crippen LogP) is 3.20. The zero-order valence-corrected chi connectivity index (χ0v) is 10.5. The first-order valence-electron chi connectivity index (χ1n) is 5.49. The second-order valence-corrected chi connectivity index (χ2v) is 5.71. The average molecular weight is 253 g/mol. The Bertz CT molecular complexity index is 309. The molecule has 0 aromatic carbocycles. The number of hydrogen-bond donors (Lipinski definition) is 0. The molecule has 1 aliphatic heterocycles. The van der Waals surface area contributed by atoms with Gasteiger partial charge in [-0.3, -0.25) is 0 Å². The number of nitrogens with zero attached hydrogens (tertiary/aromatic N) is 1. The van der Waals surface area contributed by atoms with Crippen LogP contribution in [0.15, 0.2) is 0 Å². The third-order valence-corrected chi connectivity index (χ3v) is 2.81. The minimum absolute atomic E-state index is 0.0737. The number of ether oxygens (including phenoxy) is 1. The number of halogens is 3. The van der Waals surface area contributed by atoms with E-state index in [-0.39, 0.29) is 19.5 Å². The topological polar surface area (TPSA) is 29.5 Å². The zero-order valence-electron chi connectivity index (χ0n) is 10.5. The minimum Gasteiger partial charge on any atom is -0.444 e. The Morgan fingerprint density at radius 3 is 2.18 bits per heavy atom. The predicted molar refractivity (Wildman–Crippen MR) is 56.6 cm³/mol. The van der Waals surface area contributed by atoms with Crippen molar-refractivity contribution < 1.29 is 22.7 Å². The Morgan fingerprint density at radius 2 is 1.82 bits per heavy atom. The summed E-state index contributed by atoms with van der Waals surface area (Å²) in [7, 11) is 0. The van der Waals surface area contributed by atoms with Crippen molar-refractivity contribution in [2.75, 3.05) is 13.1 Å². The summed E-state index contributed by atoms with van der Waals surface area (Å²) in [4.78, 5) is 12.7. The summed E-state index contributed by atoms with van der Waals surface area (Å²) in [5, 5.41) is 0. The van der Waals surface area contributed by atoms with Gasteiger partial charge in [0.05, 0.1) is 5.41 Å². The fourth-order valence-corrected chi connectivity index (χ4v) is 1.67. The second kappa shape index (κ2) is 4.07. The molecule has 0 spiro atoms. The van der Waals surface area contributed by atoms with Crippen molar-refractivity contribution in [3.63, 3.8) is 0 Å². The van der Waals surface area contributed by atoms with Gasteiger partial charge >= 0.3 is 12.3 Å². The first-order chi connectivity index (χ1) is 7.45. The van der Waals surface area contributed by atoms with Crippen LogP contribution in [0.4, 0.5) is 18.0 Å². The molecule has 100 valence electrons. The molecule has 1 aliphatic rings. The number of rotatable bonds is 0. The number of likely N-dealkylation sites (tertiary alicyclic amines) is 1. The molecule has 0 N–H and O–H groups in total. The minimum atomic E-state index is -4.29. The molecule has 1 saturated heterocycles. The number of alkyl halides is 3. The molecule has 0 saturated carbocycles. The van der Waals surface area contributed by atoms with Gasteiger partial charge in [-0.1, -0.05) is 0 Å². The van der Waals surface area contributed by atoms with Crippen LogP contribution < -0.4 is 0 Å². The van der Waals surface area contributed by atoms with E-state index in [1.54, 1.807) is 20.8 Å². The average Bonchev–Trinajstić information content (AvgIpc) is 2.44. The smallest absolute Gasteiger partial charge is 0.410 e. The van der Waals surface area contributed by atoms with Gasteiger partial charge in [-0.25, -0.2) is 4.79 Å². The van der Waals surface area contributed by atoms with E-state index < -0.39 is 23.3 Å². The number of carbonyl (C=O) groups excluding carboxylic acids is 1. The van der Waals surface area contributed by atoms with E-state index in [0.29, 0.717) is 0 Å². The van der Waals surface area contributed by atoms with E-state index in [4.69, 9.17) is 4.74 Å². The normalized spacial score (nSPS) is 26.2. The Labute approximate surface area is 98.9 Å². The fraction of sp³-hybridized carbons (Fsp3) is 0.909. The van der Waals surface area contributed by atoms with Crippen LogP contribution in [0.5, 0.6) is 0 Å². The molecule has 17 heavy (non-hydrogen) atoms. The van der Waals surface area contributed by atoms with Crippen LogP contribution in [0.25, 0.3) is 0 Å². The van der Waals surface area contributed by atoms with Gasteiger partial charge in [0.15, 0.2) is 0 Å². The van der Waals surface area contributed by atoms with Gasteiger partial charge in [-0.05, 0) is 34.1 Å². The van der Waals surface area contributed by atoms with E-state index in [1.807, 2.05) is 0 Å². The third kappa shape index (κ3) is 3.26.